The van der Waals surface area contributed by atoms with E-state index < -0.39 is 17.6 Å². The number of nitrogens with one attached hydrogen (secondary N) is 2. The molecule has 1 aliphatic heterocycles. The number of methoxy groups -OCH3 is 1. The first-order chi connectivity index (χ1) is 15.2. The lowest BCUT2D eigenvalue weighted by Crippen LogP contribution is -2.39. The van der Waals surface area contributed by atoms with Gasteiger partial charge >= 0.3 is 0 Å². The van der Waals surface area contributed by atoms with Gasteiger partial charge in [-0.1, -0.05) is 44.2 Å². The fourth-order valence-electron chi connectivity index (χ4n) is 4.69. The Balaban J connectivity index is 1.83. The van der Waals surface area contributed by atoms with Gasteiger partial charge in [-0.2, -0.15) is 0 Å². The number of para-hydroxylation sites is 2. The van der Waals surface area contributed by atoms with Crippen LogP contribution in [0.2, 0.25) is 0 Å². The fraction of sp³-hybridized carbons (Fsp3) is 0.308. The molecule has 1 aliphatic carbocycles. The first-order valence-corrected chi connectivity index (χ1v) is 10.6. The molecule has 0 saturated carbocycles. The van der Waals surface area contributed by atoms with Gasteiger partial charge in [0.25, 0.3) is 5.91 Å². The van der Waals surface area contributed by atoms with Crippen molar-refractivity contribution in [3.63, 3.8) is 0 Å². The van der Waals surface area contributed by atoms with Crippen LogP contribution in [0.15, 0.2) is 71.1 Å². The molecule has 0 fully saturated rings. The van der Waals surface area contributed by atoms with Crippen molar-refractivity contribution in [3.8, 4) is 5.75 Å². The minimum Gasteiger partial charge on any atom is -0.495 e. The number of ether oxygens (including phenoxy) is 1. The fourth-order valence-corrected chi connectivity index (χ4v) is 4.69. The zero-order valence-corrected chi connectivity index (χ0v) is 18.7. The van der Waals surface area contributed by atoms with Crippen LogP contribution in [0, 0.1) is 11.2 Å². The summed E-state index contributed by atoms with van der Waals surface area (Å²) in [4.78, 5) is 26.8. The van der Waals surface area contributed by atoms with E-state index in [-0.39, 0.29) is 11.2 Å². The zero-order valence-electron chi connectivity index (χ0n) is 18.7. The number of rotatable bonds is 4. The molecule has 2 N–H and O–H groups in total. The Morgan fingerprint density at radius 3 is 2.53 bits per heavy atom. The Bertz CT molecular complexity index is 1160. The number of carbonyl (C=O) groups is 2. The first-order valence-electron chi connectivity index (χ1n) is 10.6. The zero-order chi connectivity index (χ0) is 23.0. The lowest BCUT2D eigenvalue weighted by atomic mass is 9.68. The van der Waals surface area contributed by atoms with Gasteiger partial charge in [0.2, 0.25) is 0 Å². The van der Waals surface area contributed by atoms with Gasteiger partial charge in [-0.3, -0.25) is 9.59 Å². The van der Waals surface area contributed by atoms with Crippen LogP contribution in [0.25, 0.3) is 0 Å². The van der Waals surface area contributed by atoms with Gasteiger partial charge in [-0.15, -0.1) is 0 Å². The van der Waals surface area contributed by atoms with E-state index >= 15 is 0 Å². The average Bonchev–Trinajstić information content (AvgIpc) is 2.72. The number of dihydropyridines is 1. The quantitative estimate of drug-likeness (QED) is 0.705. The normalized spacial score (nSPS) is 19.9. The van der Waals surface area contributed by atoms with Crippen LogP contribution in [0.5, 0.6) is 5.75 Å². The number of ketones is 1. The maximum atomic E-state index is 15.0. The third-order valence-corrected chi connectivity index (χ3v) is 6.06. The number of benzene rings is 2. The third-order valence-electron chi connectivity index (χ3n) is 6.06. The highest BCUT2D eigenvalue weighted by molar-refractivity contribution is 6.10. The Hall–Kier alpha value is -3.41. The van der Waals surface area contributed by atoms with Crippen molar-refractivity contribution < 1.29 is 18.7 Å². The monoisotopic (exact) mass is 434 g/mol. The molecular weight excluding hydrogens is 407 g/mol. The van der Waals surface area contributed by atoms with E-state index in [4.69, 9.17) is 4.74 Å². The number of carbonyl (C=O) groups excluding carboxylic acids is 2. The summed E-state index contributed by atoms with van der Waals surface area (Å²) in [7, 11) is 1.53. The minimum atomic E-state index is -0.786. The highest BCUT2D eigenvalue weighted by Crippen LogP contribution is 2.47. The topological polar surface area (TPSA) is 67.4 Å². The molecule has 2 aliphatic rings. The molecule has 2 aromatic carbocycles. The summed E-state index contributed by atoms with van der Waals surface area (Å²) in [6.45, 7) is 5.87. The summed E-state index contributed by atoms with van der Waals surface area (Å²) in [5.41, 5.74) is 2.79. The number of halogens is 1. The summed E-state index contributed by atoms with van der Waals surface area (Å²) < 4.78 is 20.3. The third kappa shape index (κ3) is 3.93. The standard InChI is InChI=1S/C26H27FN2O3/c1-15-22(25(31)29-18-11-7-8-12-21(18)32-4)23(16-9-5-6-10-17(16)27)24-19(28-15)13-26(2,3)14-20(24)30/h5-12,23,28H,13-14H2,1-4H3,(H,29,31)/t23-/m0/s1. The molecule has 0 saturated heterocycles. The Labute approximate surface area is 187 Å². The maximum absolute atomic E-state index is 15.0. The van der Waals surface area contributed by atoms with Crippen LogP contribution in [-0.2, 0) is 9.59 Å². The van der Waals surface area contributed by atoms with Gasteiger partial charge in [-0.25, -0.2) is 4.39 Å². The molecule has 1 heterocycles. The molecule has 1 amide bonds. The molecular formula is C26H27FN2O3. The van der Waals surface area contributed by atoms with Crippen LogP contribution < -0.4 is 15.4 Å². The van der Waals surface area contributed by atoms with Crippen molar-refractivity contribution in [2.24, 2.45) is 5.41 Å². The summed E-state index contributed by atoms with van der Waals surface area (Å²) in [6.07, 6.45) is 0.997. The van der Waals surface area contributed by atoms with Gasteiger partial charge in [0.15, 0.2) is 5.78 Å². The van der Waals surface area contributed by atoms with E-state index in [0.29, 0.717) is 46.7 Å². The predicted octanol–water partition coefficient (Wildman–Crippen LogP) is 5.08. The first kappa shape index (κ1) is 21.8. The number of Topliss-reactive ketones (excluding diaryl/α,β-unsaturated/α-hetero) is 1. The van der Waals surface area contributed by atoms with Gasteiger partial charge < -0.3 is 15.4 Å². The molecule has 4 rings (SSSR count). The molecule has 5 nitrogen and oxygen atoms in total. The highest BCUT2D eigenvalue weighted by atomic mass is 19.1. The number of allylic oxidation sites excluding steroid dienone is 3. The highest BCUT2D eigenvalue weighted by Gasteiger charge is 2.43. The van der Waals surface area contributed by atoms with E-state index in [1.54, 1.807) is 43.3 Å². The number of amides is 1. The SMILES string of the molecule is COc1ccccc1NC(=O)C1=C(C)NC2=C(C(=O)CC(C)(C)C2)[C@H]1c1ccccc1F. The Kier molecular flexibility index (Phi) is 5.63. The Morgan fingerprint density at radius 1 is 1.12 bits per heavy atom. The van der Waals surface area contributed by atoms with E-state index in [2.05, 4.69) is 10.6 Å². The molecule has 166 valence electrons. The summed E-state index contributed by atoms with van der Waals surface area (Å²) in [5.74, 6) is -1.19. The molecule has 0 aromatic heterocycles. The molecule has 32 heavy (non-hydrogen) atoms. The van der Waals surface area contributed by atoms with Gasteiger partial charge in [0.05, 0.1) is 12.8 Å². The van der Waals surface area contributed by atoms with Crippen molar-refractivity contribution in [2.75, 3.05) is 12.4 Å². The van der Waals surface area contributed by atoms with Crippen molar-refractivity contribution in [2.45, 2.75) is 39.5 Å². The molecule has 0 bridgehead atoms. The van der Waals surface area contributed by atoms with E-state index in [9.17, 15) is 14.0 Å². The van der Waals surface area contributed by atoms with Crippen molar-refractivity contribution in [3.05, 3.63) is 82.5 Å². The lowest BCUT2D eigenvalue weighted by molar-refractivity contribution is -0.118. The molecule has 0 spiro atoms. The minimum absolute atomic E-state index is 0.0629. The largest absolute Gasteiger partial charge is 0.495 e. The lowest BCUT2D eigenvalue weighted by Gasteiger charge is -2.39. The van der Waals surface area contributed by atoms with Crippen LogP contribution in [0.1, 0.15) is 45.1 Å². The summed E-state index contributed by atoms with van der Waals surface area (Å²) in [5, 5.41) is 6.18. The van der Waals surface area contributed by atoms with Crippen LogP contribution in [0.3, 0.4) is 0 Å². The molecule has 1 atom stereocenters. The second-order valence-corrected chi connectivity index (χ2v) is 9.11. The second-order valence-electron chi connectivity index (χ2n) is 9.11. The molecule has 0 radical (unpaired) electrons. The summed E-state index contributed by atoms with van der Waals surface area (Å²) in [6, 6.07) is 13.4. The predicted molar refractivity (Wildman–Crippen MR) is 122 cm³/mol. The van der Waals surface area contributed by atoms with Gasteiger partial charge in [-0.05, 0) is 37.0 Å². The van der Waals surface area contributed by atoms with E-state index in [1.165, 1.54) is 13.2 Å². The van der Waals surface area contributed by atoms with Crippen molar-refractivity contribution in [1.29, 1.82) is 0 Å². The van der Waals surface area contributed by atoms with Crippen LogP contribution >= 0.6 is 0 Å². The van der Waals surface area contributed by atoms with E-state index in [1.807, 2.05) is 19.9 Å². The average molecular weight is 435 g/mol. The van der Waals surface area contributed by atoms with Crippen molar-refractivity contribution in [1.82, 2.24) is 5.32 Å². The van der Waals surface area contributed by atoms with E-state index in [0.717, 1.165) is 5.70 Å². The Morgan fingerprint density at radius 2 is 1.81 bits per heavy atom. The molecule has 0 unspecified atom stereocenters. The molecule has 2 aromatic rings. The van der Waals surface area contributed by atoms with Crippen molar-refractivity contribution >= 4 is 17.4 Å². The van der Waals surface area contributed by atoms with Crippen LogP contribution in [0.4, 0.5) is 10.1 Å². The number of hydrogen-bond acceptors (Lipinski definition) is 4. The van der Waals surface area contributed by atoms with Gasteiger partial charge in [0.1, 0.15) is 11.6 Å². The maximum Gasteiger partial charge on any atom is 0.254 e. The summed E-state index contributed by atoms with van der Waals surface area (Å²) >= 11 is 0. The molecule has 6 heteroatoms. The second kappa shape index (κ2) is 8.26. The number of anilines is 1. The van der Waals surface area contributed by atoms with Gasteiger partial charge in [0, 0.05) is 40.4 Å². The smallest absolute Gasteiger partial charge is 0.254 e. The number of hydrogen-bond donors (Lipinski definition) is 2. The van der Waals surface area contributed by atoms with Crippen LogP contribution in [-0.4, -0.2) is 18.8 Å².